The summed E-state index contributed by atoms with van der Waals surface area (Å²) in [5, 5.41) is 11.6. The number of piperidine rings is 1. The molecule has 0 bridgehead atoms. The van der Waals surface area contributed by atoms with Gasteiger partial charge in [-0.2, -0.15) is 0 Å². The van der Waals surface area contributed by atoms with Gasteiger partial charge in [-0.3, -0.25) is 4.79 Å². The van der Waals surface area contributed by atoms with Gasteiger partial charge in [-0.1, -0.05) is 11.6 Å². The van der Waals surface area contributed by atoms with Gasteiger partial charge in [0, 0.05) is 24.8 Å². The van der Waals surface area contributed by atoms with Crippen LogP contribution in [0.3, 0.4) is 0 Å². The van der Waals surface area contributed by atoms with Gasteiger partial charge in [-0.25, -0.2) is 4.39 Å². The molecule has 1 aromatic rings. The van der Waals surface area contributed by atoms with Crippen LogP contribution in [0, 0.1) is 11.7 Å². The smallest absolute Gasteiger partial charge is 0.227 e. The van der Waals surface area contributed by atoms with Gasteiger partial charge in [-0.05, 0) is 50.6 Å². The Kier molecular flexibility index (Phi) is 5.96. The highest BCUT2D eigenvalue weighted by molar-refractivity contribution is 6.31. The highest BCUT2D eigenvalue weighted by atomic mass is 35.5. The zero-order valence-corrected chi connectivity index (χ0v) is 12.6. The Balaban J connectivity index is 1.83. The number of amides is 1. The van der Waals surface area contributed by atoms with E-state index in [2.05, 4.69) is 10.2 Å². The molecular formula is C15H20ClFN2O2. The minimum atomic E-state index is -0.494. The Morgan fingerprint density at radius 2 is 2.14 bits per heavy atom. The van der Waals surface area contributed by atoms with E-state index in [4.69, 9.17) is 16.7 Å². The van der Waals surface area contributed by atoms with Crippen LogP contribution in [0.15, 0.2) is 18.2 Å². The topological polar surface area (TPSA) is 52.6 Å². The van der Waals surface area contributed by atoms with Gasteiger partial charge < -0.3 is 15.3 Å². The first-order valence-corrected chi connectivity index (χ1v) is 7.57. The van der Waals surface area contributed by atoms with Crippen molar-refractivity contribution in [3.05, 3.63) is 29.0 Å². The number of aliphatic hydroxyl groups excluding tert-OH is 1. The maximum absolute atomic E-state index is 13.1. The fourth-order valence-electron chi connectivity index (χ4n) is 2.53. The number of carbonyl (C=O) groups excluding carboxylic acids is 1. The molecule has 1 aliphatic rings. The summed E-state index contributed by atoms with van der Waals surface area (Å²) >= 11 is 5.70. The van der Waals surface area contributed by atoms with E-state index in [9.17, 15) is 9.18 Å². The van der Waals surface area contributed by atoms with E-state index in [1.54, 1.807) is 0 Å². The van der Waals surface area contributed by atoms with Crippen LogP contribution in [-0.2, 0) is 4.79 Å². The molecule has 0 atom stereocenters. The number of benzene rings is 1. The zero-order valence-electron chi connectivity index (χ0n) is 11.8. The minimum absolute atomic E-state index is 0.00613. The van der Waals surface area contributed by atoms with E-state index in [1.165, 1.54) is 18.2 Å². The van der Waals surface area contributed by atoms with Crippen LogP contribution >= 0.6 is 11.6 Å². The Hall–Kier alpha value is -1.17. The molecule has 1 aromatic carbocycles. The largest absolute Gasteiger partial charge is 0.396 e. The summed E-state index contributed by atoms with van der Waals surface area (Å²) in [6, 6.07) is 4.18. The average molecular weight is 315 g/mol. The third-order valence-corrected chi connectivity index (χ3v) is 4.07. The molecule has 1 fully saturated rings. The number of rotatable bonds is 5. The van der Waals surface area contributed by atoms with Crippen molar-refractivity contribution in [3.63, 3.8) is 0 Å². The first-order chi connectivity index (χ1) is 10.1. The van der Waals surface area contributed by atoms with E-state index in [0.29, 0.717) is 5.69 Å². The lowest BCUT2D eigenvalue weighted by Gasteiger charge is -2.31. The molecule has 1 amide bonds. The van der Waals surface area contributed by atoms with Crippen molar-refractivity contribution >= 4 is 23.2 Å². The van der Waals surface area contributed by atoms with Gasteiger partial charge >= 0.3 is 0 Å². The van der Waals surface area contributed by atoms with E-state index < -0.39 is 5.82 Å². The summed E-state index contributed by atoms with van der Waals surface area (Å²) < 4.78 is 13.1. The molecule has 4 nitrogen and oxygen atoms in total. The third kappa shape index (κ3) is 4.66. The number of carbonyl (C=O) groups is 1. The number of halogens is 2. The fraction of sp³-hybridized carbons (Fsp3) is 0.533. The summed E-state index contributed by atoms with van der Waals surface area (Å²) in [6.07, 6.45) is 2.36. The molecular weight excluding hydrogens is 295 g/mol. The quantitative estimate of drug-likeness (QED) is 0.878. The minimum Gasteiger partial charge on any atom is -0.396 e. The van der Waals surface area contributed by atoms with Crippen LogP contribution in [-0.4, -0.2) is 42.2 Å². The Bertz CT molecular complexity index is 491. The second-order valence-electron chi connectivity index (χ2n) is 5.31. The zero-order chi connectivity index (χ0) is 15.2. The first-order valence-electron chi connectivity index (χ1n) is 7.19. The van der Waals surface area contributed by atoms with Crippen molar-refractivity contribution in [2.45, 2.75) is 19.3 Å². The first kappa shape index (κ1) is 16.2. The van der Waals surface area contributed by atoms with E-state index in [-0.39, 0.29) is 23.5 Å². The standard InChI is InChI=1S/C15H20ClFN2O2/c16-13-10-12(2-3-14(13)17)18-15(21)11-4-7-19(8-5-11)6-1-9-20/h2-3,10-11,20H,1,4-9H2,(H,18,21). The lowest BCUT2D eigenvalue weighted by Crippen LogP contribution is -2.38. The van der Waals surface area contributed by atoms with Crippen molar-refractivity contribution in [1.82, 2.24) is 4.90 Å². The molecule has 0 unspecified atom stereocenters. The molecule has 1 heterocycles. The number of aliphatic hydroxyl groups is 1. The Morgan fingerprint density at radius 3 is 2.76 bits per heavy atom. The molecule has 0 saturated carbocycles. The maximum Gasteiger partial charge on any atom is 0.227 e. The van der Waals surface area contributed by atoms with Gasteiger partial charge in [-0.15, -0.1) is 0 Å². The molecule has 0 aliphatic carbocycles. The van der Waals surface area contributed by atoms with Crippen LogP contribution in [0.5, 0.6) is 0 Å². The molecule has 0 aromatic heterocycles. The SMILES string of the molecule is O=C(Nc1ccc(F)c(Cl)c1)C1CCN(CCCO)CC1. The summed E-state index contributed by atoms with van der Waals surface area (Å²) in [7, 11) is 0. The number of nitrogens with zero attached hydrogens (tertiary/aromatic N) is 1. The molecule has 1 aliphatic heterocycles. The van der Waals surface area contributed by atoms with Crippen LogP contribution in [0.25, 0.3) is 0 Å². The van der Waals surface area contributed by atoms with Gasteiger partial charge in [0.1, 0.15) is 5.82 Å². The van der Waals surface area contributed by atoms with Crippen molar-refractivity contribution in [2.75, 3.05) is 31.6 Å². The number of anilines is 1. The van der Waals surface area contributed by atoms with E-state index >= 15 is 0 Å². The summed E-state index contributed by atoms with van der Waals surface area (Å²) in [6.45, 7) is 2.80. The molecule has 21 heavy (non-hydrogen) atoms. The number of nitrogens with one attached hydrogen (secondary N) is 1. The second kappa shape index (κ2) is 7.73. The van der Waals surface area contributed by atoms with Crippen molar-refractivity contribution in [3.8, 4) is 0 Å². The molecule has 0 radical (unpaired) electrons. The van der Waals surface area contributed by atoms with Gasteiger partial charge in [0.25, 0.3) is 0 Å². The predicted octanol–water partition coefficient (Wildman–Crippen LogP) is 2.51. The fourth-order valence-corrected chi connectivity index (χ4v) is 2.71. The van der Waals surface area contributed by atoms with Crippen LogP contribution in [0.2, 0.25) is 5.02 Å². The van der Waals surface area contributed by atoms with Crippen LogP contribution in [0.1, 0.15) is 19.3 Å². The lowest BCUT2D eigenvalue weighted by atomic mass is 9.95. The average Bonchev–Trinajstić information content (AvgIpc) is 2.49. The van der Waals surface area contributed by atoms with E-state index in [1.807, 2.05) is 0 Å². The number of hydrogen-bond donors (Lipinski definition) is 2. The van der Waals surface area contributed by atoms with Crippen molar-refractivity contribution in [1.29, 1.82) is 0 Å². The van der Waals surface area contributed by atoms with Crippen molar-refractivity contribution < 1.29 is 14.3 Å². The van der Waals surface area contributed by atoms with Gasteiger partial charge in [0.05, 0.1) is 5.02 Å². The molecule has 2 rings (SSSR count). The molecule has 6 heteroatoms. The summed E-state index contributed by atoms with van der Waals surface area (Å²) in [5.41, 5.74) is 0.522. The molecule has 2 N–H and O–H groups in total. The maximum atomic E-state index is 13.1. The predicted molar refractivity (Wildman–Crippen MR) is 80.9 cm³/mol. The van der Waals surface area contributed by atoms with Gasteiger partial charge in [0.2, 0.25) is 5.91 Å². The number of likely N-dealkylation sites (tertiary alicyclic amines) is 1. The third-order valence-electron chi connectivity index (χ3n) is 3.78. The van der Waals surface area contributed by atoms with E-state index in [0.717, 1.165) is 38.9 Å². The Morgan fingerprint density at radius 1 is 1.43 bits per heavy atom. The highest BCUT2D eigenvalue weighted by Gasteiger charge is 2.24. The van der Waals surface area contributed by atoms with Crippen LogP contribution in [0.4, 0.5) is 10.1 Å². The van der Waals surface area contributed by atoms with Gasteiger partial charge in [0.15, 0.2) is 0 Å². The van der Waals surface area contributed by atoms with Crippen LogP contribution < -0.4 is 5.32 Å². The summed E-state index contributed by atoms with van der Waals surface area (Å²) in [5.74, 6) is -0.564. The summed E-state index contributed by atoms with van der Waals surface area (Å²) in [4.78, 5) is 14.4. The second-order valence-corrected chi connectivity index (χ2v) is 5.72. The number of hydrogen-bond acceptors (Lipinski definition) is 3. The normalized spacial score (nSPS) is 16.9. The molecule has 0 spiro atoms. The molecule has 116 valence electrons. The Labute approximate surface area is 128 Å². The monoisotopic (exact) mass is 314 g/mol. The van der Waals surface area contributed by atoms with Crippen molar-refractivity contribution in [2.24, 2.45) is 5.92 Å². The molecule has 1 saturated heterocycles. The lowest BCUT2D eigenvalue weighted by molar-refractivity contribution is -0.121. The highest BCUT2D eigenvalue weighted by Crippen LogP contribution is 2.22.